The van der Waals surface area contributed by atoms with Crippen LogP contribution in [0.2, 0.25) is 0 Å². The molecular weight excluding hydrogens is 196 g/mol. The van der Waals surface area contributed by atoms with Crippen LogP contribution in [0.25, 0.3) is 0 Å². The standard InChI is InChI=1S/C10H10N2O3/c1-7(9(13)10(14)15)11-12-8-5-3-2-4-6-8/h2-6,12H,1H3,(H,14,15). The molecule has 0 heterocycles. The van der Waals surface area contributed by atoms with Crippen LogP contribution in [0.15, 0.2) is 35.4 Å². The predicted octanol–water partition coefficient (Wildman–Crippen LogP) is 1.13. The van der Waals surface area contributed by atoms with Gasteiger partial charge in [0.1, 0.15) is 5.71 Å². The minimum Gasteiger partial charge on any atom is -0.475 e. The molecule has 1 aromatic rings. The van der Waals surface area contributed by atoms with Gasteiger partial charge in [-0.25, -0.2) is 4.79 Å². The Balaban J connectivity index is 2.66. The minimum atomic E-state index is -1.51. The van der Waals surface area contributed by atoms with Crippen molar-refractivity contribution in [1.29, 1.82) is 0 Å². The van der Waals surface area contributed by atoms with Crippen LogP contribution in [0.3, 0.4) is 0 Å². The monoisotopic (exact) mass is 206 g/mol. The van der Waals surface area contributed by atoms with E-state index in [1.54, 1.807) is 24.3 Å². The van der Waals surface area contributed by atoms with Gasteiger partial charge >= 0.3 is 5.97 Å². The number of carboxylic acids is 1. The molecule has 0 aliphatic heterocycles. The Morgan fingerprint density at radius 1 is 1.27 bits per heavy atom. The lowest BCUT2D eigenvalue weighted by atomic mass is 10.3. The second kappa shape index (κ2) is 4.90. The molecule has 15 heavy (non-hydrogen) atoms. The zero-order valence-corrected chi connectivity index (χ0v) is 8.10. The summed E-state index contributed by atoms with van der Waals surface area (Å²) >= 11 is 0. The number of anilines is 1. The average Bonchev–Trinajstić information content (AvgIpc) is 2.26. The molecule has 0 aliphatic rings. The third-order valence-corrected chi connectivity index (χ3v) is 1.65. The largest absolute Gasteiger partial charge is 0.475 e. The Labute approximate surface area is 86.4 Å². The molecule has 78 valence electrons. The van der Waals surface area contributed by atoms with E-state index in [9.17, 15) is 9.59 Å². The Bertz CT molecular complexity index is 398. The van der Waals surface area contributed by atoms with Crippen molar-refractivity contribution in [2.45, 2.75) is 6.92 Å². The fraction of sp³-hybridized carbons (Fsp3) is 0.100. The topological polar surface area (TPSA) is 78.8 Å². The van der Waals surface area contributed by atoms with E-state index in [1.807, 2.05) is 6.07 Å². The highest BCUT2D eigenvalue weighted by molar-refractivity contribution is 6.62. The number of carbonyl (C=O) groups excluding carboxylic acids is 1. The number of aliphatic carboxylic acids is 1. The van der Waals surface area contributed by atoms with Gasteiger partial charge in [0.15, 0.2) is 0 Å². The van der Waals surface area contributed by atoms with Crippen LogP contribution >= 0.6 is 0 Å². The van der Waals surface area contributed by atoms with E-state index in [0.717, 1.165) is 0 Å². The summed E-state index contributed by atoms with van der Waals surface area (Å²) in [6.45, 7) is 1.34. The second-order valence-corrected chi connectivity index (χ2v) is 2.81. The molecule has 0 aromatic heterocycles. The molecule has 1 aromatic carbocycles. The maximum Gasteiger partial charge on any atom is 0.378 e. The van der Waals surface area contributed by atoms with Crippen LogP contribution in [-0.4, -0.2) is 22.6 Å². The quantitative estimate of drug-likeness (QED) is 0.439. The first-order chi connectivity index (χ1) is 7.11. The summed E-state index contributed by atoms with van der Waals surface area (Å²) in [5, 5.41) is 12.0. The molecular formula is C10H10N2O3. The van der Waals surface area contributed by atoms with Crippen molar-refractivity contribution < 1.29 is 14.7 Å². The maximum atomic E-state index is 10.9. The number of benzene rings is 1. The molecule has 0 saturated carbocycles. The van der Waals surface area contributed by atoms with Crippen LogP contribution in [0.5, 0.6) is 0 Å². The number of ketones is 1. The van der Waals surface area contributed by atoms with Gasteiger partial charge in [0.2, 0.25) is 0 Å². The van der Waals surface area contributed by atoms with Crippen LogP contribution in [0.4, 0.5) is 5.69 Å². The molecule has 0 atom stereocenters. The number of nitrogens with one attached hydrogen (secondary N) is 1. The third-order valence-electron chi connectivity index (χ3n) is 1.65. The van der Waals surface area contributed by atoms with Crippen molar-refractivity contribution in [3.8, 4) is 0 Å². The smallest absolute Gasteiger partial charge is 0.378 e. The predicted molar refractivity (Wildman–Crippen MR) is 55.8 cm³/mol. The minimum absolute atomic E-state index is 0.0913. The van der Waals surface area contributed by atoms with Crippen molar-refractivity contribution in [3.63, 3.8) is 0 Å². The fourth-order valence-corrected chi connectivity index (χ4v) is 0.867. The average molecular weight is 206 g/mol. The van der Waals surface area contributed by atoms with Gasteiger partial charge in [-0.05, 0) is 19.1 Å². The van der Waals surface area contributed by atoms with Gasteiger partial charge in [0, 0.05) is 0 Å². The zero-order chi connectivity index (χ0) is 11.3. The molecule has 5 heteroatoms. The lowest BCUT2D eigenvalue weighted by Crippen LogP contribution is -2.21. The van der Waals surface area contributed by atoms with E-state index >= 15 is 0 Å². The Morgan fingerprint density at radius 2 is 1.87 bits per heavy atom. The van der Waals surface area contributed by atoms with Crippen molar-refractivity contribution in [2.24, 2.45) is 5.10 Å². The molecule has 0 bridgehead atoms. The zero-order valence-electron chi connectivity index (χ0n) is 8.10. The number of carbonyl (C=O) groups is 2. The summed E-state index contributed by atoms with van der Waals surface area (Å²) in [6, 6.07) is 8.94. The summed E-state index contributed by atoms with van der Waals surface area (Å²) < 4.78 is 0. The maximum absolute atomic E-state index is 10.9. The number of rotatable bonds is 4. The van der Waals surface area contributed by atoms with E-state index in [0.29, 0.717) is 5.69 Å². The number of hydrogen-bond donors (Lipinski definition) is 2. The molecule has 2 N–H and O–H groups in total. The number of nitrogens with zero attached hydrogens (tertiary/aromatic N) is 1. The molecule has 0 radical (unpaired) electrons. The molecule has 0 amide bonds. The van der Waals surface area contributed by atoms with Gasteiger partial charge < -0.3 is 5.11 Å². The highest BCUT2D eigenvalue weighted by Crippen LogP contribution is 2.04. The van der Waals surface area contributed by atoms with Gasteiger partial charge in [0.05, 0.1) is 5.69 Å². The normalized spacial score (nSPS) is 10.9. The lowest BCUT2D eigenvalue weighted by molar-refractivity contribution is -0.145. The number of Topliss-reactive ketones (excluding diaryl/α,β-unsaturated/α-hetero) is 1. The Hall–Kier alpha value is -2.17. The van der Waals surface area contributed by atoms with E-state index < -0.39 is 11.8 Å². The Morgan fingerprint density at radius 3 is 2.40 bits per heavy atom. The van der Waals surface area contributed by atoms with E-state index in [-0.39, 0.29) is 5.71 Å². The summed E-state index contributed by atoms with van der Waals surface area (Å²) in [6.07, 6.45) is 0. The van der Waals surface area contributed by atoms with Gasteiger partial charge in [-0.1, -0.05) is 18.2 Å². The fourth-order valence-electron chi connectivity index (χ4n) is 0.867. The van der Waals surface area contributed by atoms with E-state index in [1.165, 1.54) is 6.92 Å². The molecule has 0 saturated heterocycles. The third kappa shape index (κ3) is 3.22. The first kappa shape index (κ1) is 10.9. The van der Waals surface area contributed by atoms with Crippen molar-refractivity contribution in [2.75, 3.05) is 5.43 Å². The number of hydrazone groups is 1. The van der Waals surface area contributed by atoms with Crippen molar-refractivity contribution in [1.82, 2.24) is 0 Å². The molecule has 1 rings (SSSR count). The van der Waals surface area contributed by atoms with Crippen LogP contribution in [-0.2, 0) is 9.59 Å². The number of para-hydroxylation sites is 1. The van der Waals surface area contributed by atoms with E-state index in [4.69, 9.17) is 5.11 Å². The molecule has 0 spiro atoms. The highest BCUT2D eigenvalue weighted by Gasteiger charge is 2.14. The van der Waals surface area contributed by atoms with Crippen LogP contribution in [0.1, 0.15) is 6.92 Å². The van der Waals surface area contributed by atoms with Gasteiger partial charge in [-0.3, -0.25) is 10.2 Å². The summed E-state index contributed by atoms with van der Waals surface area (Å²) in [4.78, 5) is 21.2. The lowest BCUT2D eigenvalue weighted by Gasteiger charge is -1.99. The first-order valence-corrected chi connectivity index (χ1v) is 4.24. The number of hydrogen-bond acceptors (Lipinski definition) is 4. The first-order valence-electron chi connectivity index (χ1n) is 4.24. The van der Waals surface area contributed by atoms with Gasteiger partial charge in [-0.15, -0.1) is 0 Å². The second-order valence-electron chi connectivity index (χ2n) is 2.81. The SMILES string of the molecule is CC(=NNc1ccccc1)C(=O)C(=O)O. The van der Waals surface area contributed by atoms with E-state index in [2.05, 4.69) is 10.5 Å². The van der Waals surface area contributed by atoms with Crippen molar-refractivity contribution in [3.05, 3.63) is 30.3 Å². The highest BCUT2D eigenvalue weighted by atomic mass is 16.4. The number of carboxylic acid groups (broad SMARTS) is 1. The summed E-state index contributed by atoms with van der Waals surface area (Å²) in [7, 11) is 0. The summed E-state index contributed by atoms with van der Waals surface area (Å²) in [5.41, 5.74) is 3.18. The molecule has 0 unspecified atom stereocenters. The molecule has 0 fully saturated rings. The van der Waals surface area contributed by atoms with Gasteiger partial charge in [0.25, 0.3) is 5.78 Å². The van der Waals surface area contributed by atoms with Crippen molar-refractivity contribution >= 4 is 23.2 Å². The molecule has 0 aliphatic carbocycles. The van der Waals surface area contributed by atoms with Gasteiger partial charge in [-0.2, -0.15) is 5.10 Å². The summed E-state index contributed by atoms with van der Waals surface area (Å²) in [5.74, 6) is -2.52. The van der Waals surface area contributed by atoms with Crippen LogP contribution in [0, 0.1) is 0 Å². The van der Waals surface area contributed by atoms with Crippen LogP contribution < -0.4 is 5.43 Å². The molecule has 5 nitrogen and oxygen atoms in total. The Kier molecular flexibility index (Phi) is 3.56.